The minimum atomic E-state index is -1.49. The molecule has 3 rings (SSSR count). The van der Waals surface area contributed by atoms with Gasteiger partial charge in [0.25, 0.3) is 5.91 Å². The fourth-order valence-corrected chi connectivity index (χ4v) is 3.34. The minimum absolute atomic E-state index is 0.0730. The molecule has 1 aliphatic rings. The summed E-state index contributed by atoms with van der Waals surface area (Å²) in [5.41, 5.74) is 7.16. The molecule has 3 nitrogen and oxygen atoms in total. The second-order valence-electron chi connectivity index (χ2n) is 6.82. The van der Waals surface area contributed by atoms with Crippen molar-refractivity contribution in [1.29, 1.82) is 0 Å². The predicted octanol–water partition coefficient (Wildman–Crippen LogP) is 3.97. The van der Waals surface area contributed by atoms with Gasteiger partial charge >= 0.3 is 0 Å². The first-order valence-electron chi connectivity index (χ1n) is 8.66. The highest BCUT2D eigenvalue weighted by atomic mass is 19.2. The van der Waals surface area contributed by atoms with Crippen molar-refractivity contribution in [2.45, 2.75) is 25.8 Å². The first kappa shape index (κ1) is 18.5. The number of hydrogen-bond donors (Lipinski definition) is 1. The van der Waals surface area contributed by atoms with Gasteiger partial charge in [0.1, 0.15) is 0 Å². The fourth-order valence-electron chi connectivity index (χ4n) is 3.34. The lowest BCUT2D eigenvalue weighted by atomic mass is 9.90. The number of carbonyl (C=O) groups excluding carboxylic acids is 1. The van der Waals surface area contributed by atoms with E-state index in [-0.39, 0.29) is 17.5 Å². The Hall–Kier alpha value is -2.34. The Morgan fingerprint density at radius 3 is 2.08 bits per heavy atom. The molecule has 2 N–H and O–H groups in total. The highest BCUT2D eigenvalue weighted by molar-refractivity contribution is 5.94. The summed E-state index contributed by atoms with van der Waals surface area (Å²) in [6.45, 7) is 3.32. The number of carbonyl (C=O) groups is 1. The highest BCUT2D eigenvalue weighted by Crippen LogP contribution is 2.25. The van der Waals surface area contributed by atoms with Gasteiger partial charge in [0.15, 0.2) is 17.5 Å². The number of hydrogen-bond acceptors (Lipinski definition) is 2. The Bertz CT molecular complexity index is 774. The second-order valence-corrected chi connectivity index (χ2v) is 6.82. The van der Waals surface area contributed by atoms with Crippen LogP contribution in [0.1, 0.15) is 30.1 Å². The van der Waals surface area contributed by atoms with E-state index >= 15 is 0 Å². The molecule has 0 saturated carbocycles. The van der Waals surface area contributed by atoms with Crippen LogP contribution in [0.2, 0.25) is 0 Å². The van der Waals surface area contributed by atoms with Crippen LogP contribution in [0.4, 0.5) is 13.2 Å². The highest BCUT2D eigenvalue weighted by Gasteiger charge is 2.25. The zero-order valence-corrected chi connectivity index (χ0v) is 14.5. The van der Waals surface area contributed by atoms with E-state index in [0.29, 0.717) is 30.1 Å². The van der Waals surface area contributed by atoms with Gasteiger partial charge in [-0.1, -0.05) is 12.1 Å². The maximum atomic E-state index is 13.4. The lowest BCUT2D eigenvalue weighted by molar-refractivity contribution is 0.0681. The van der Waals surface area contributed by atoms with E-state index in [1.54, 1.807) is 29.2 Å². The fraction of sp³-hybridized carbons (Fsp3) is 0.350. The summed E-state index contributed by atoms with van der Waals surface area (Å²) in [7, 11) is 0. The molecule has 1 unspecified atom stereocenters. The molecular formula is C20H21F3N2O. The largest absolute Gasteiger partial charge is 0.339 e. The second kappa shape index (κ2) is 7.50. The molecule has 0 radical (unpaired) electrons. The SMILES string of the molecule is CC(N)C1CCN(C(=O)c2ccc(-c3cc(F)c(F)c(F)c3)cc2)CC1. The number of nitrogens with zero attached hydrogens (tertiary/aromatic N) is 1. The maximum Gasteiger partial charge on any atom is 0.253 e. The van der Waals surface area contributed by atoms with E-state index in [4.69, 9.17) is 5.73 Å². The van der Waals surface area contributed by atoms with Gasteiger partial charge in [-0.05, 0) is 61.1 Å². The van der Waals surface area contributed by atoms with Crippen molar-refractivity contribution in [3.63, 3.8) is 0 Å². The van der Waals surface area contributed by atoms with E-state index in [0.717, 1.165) is 25.0 Å². The van der Waals surface area contributed by atoms with Gasteiger partial charge in [-0.2, -0.15) is 0 Å². The number of halogens is 3. The van der Waals surface area contributed by atoms with Crippen LogP contribution in [-0.2, 0) is 0 Å². The molecular weight excluding hydrogens is 341 g/mol. The van der Waals surface area contributed by atoms with Crippen LogP contribution in [0.5, 0.6) is 0 Å². The minimum Gasteiger partial charge on any atom is -0.339 e. The summed E-state index contributed by atoms with van der Waals surface area (Å²) >= 11 is 0. The molecule has 1 fully saturated rings. The number of benzene rings is 2. The average Bonchev–Trinajstić information content (AvgIpc) is 2.65. The summed E-state index contributed by atoms with van der Waals surface area (Å²) in [5.74, 6) is -3.61. The molecule has 0 spiro atoms. The van der Waals surface area contributed by atoms with E-state index in [1.165, 1.54) is 0 Å². The van der Waals surface area contributed by atoms with Gasteiger partial charge in [0.05, 0.1) is 0 Å². The summed E-state index contributed by atoms with van der Waals surface area (Å²) in [6, 6.07) is 8.45. The first-order valence-corrected chi connectivity index (χ1v) is 8.66. The van der Waals surface area contributed by atoms with Crippen LogP contribution >= 0.6 is 0 Å². The molecule has 26 heavy (non-hydrogen) atoms. The summed E-state index contributed by atoms with van der Waals surface area (Å²) < 4.78 is 39.8. The van der Waals surface area contributed by atoms with Gasteiger partial charge in [0.2, 0.25) is 0 Å². The van der Waals surface area contributed by atoms with Crippen molar-refractivity contribution < 1.29 is 18.0 Å². The molecule has 1 amide bonds. The standard InChI is InChI=1S/C20H21F3N2O/c1-12(24)13-6-8-25(9-7-13)20(26)15-4-2-14(3-5-15)16-10-17(21)19(23)18(22)11-16/h2-5,10-13H,6-9,24H2,1H3. The molecule has 138 valence electrons. The summed E-state index contributed by atoms with van der Waals surface area (Å²) in [4.78, 5) is 14.4. The average molecular weight is 362 g/mol. The van der Waals surface area contributed by atoms with Crippen molar-refractivity contribution in [2.24, 2.45) is 11.7 Å². The van der Waals surface area contributed by atoms with E-state index in [1.807, 2.05) is 6.92 Å². The van der Waals surface area contributed by atoms with E-state index in [2.05, 4.69) is 0 Å². The van der Waals surface area contributed by atoms with Gasteiger partial charge < -0.3 is 10.6 Å². The molecule has 6 heteroatoms. The van der Waals surface area contributed by atoms with Crippen LogP contribution in [0.15, 0.2) is 36.4 Å². The number of nitrogens with two attached hydrogens (primary N) is 1. The Morgan fingerprint density at radius 2 is 1.58 bits per heavy atom. The summed E-state index contributed by atoms with van der Waals surface area (Å²) in [5, 5.41) is 0. The zero-order valence-electron chi connectivity index (χ0n) is 14.5. The number of likely N-dealkylation sites (tertiary alicyclic amines) is 1. The Kier molecular flexibility index (Phi) is 5.32. The predicted molar refractivity (Wildman–Crippen MR) is 94.0 cm³/mol. The smallest absolute Gasteiger partial charge is 0.253 e. The van der Waals surface area contributed by atoms with Gasteiger partial charge in [-0.3, -0.25) is 4.79 Å². The van der Waals surface area contributed by atoms with Crippen LogP contribution in [0.25, 0.3) is 11.1 Å². The van der Waals surface area contributed by atoms with E-state index < -0.39 is 17.5 Å². The van der Waals surface area contributed by atoms with Crippen molar-refractivity contribution in [1.82, 2.24) is 4.90 Å². The molecule has 1 atom stereocenters. The summed E-state index contributed by atoms with van der Waals surface area (Å²) in [6.07, 6.45) is 1.77. The topological polar surface area (TPSA) is 46.3 Å². The monoisotopic (exact) mass is 362 g/mol. The molecule has 2 aromatic carbocycles. The third kappa shape index (κ3) is 3.75. The van der Waals surface area contributed by atoms with Crippen molar-refractivity contribution in [3.05, 3.63) is 59.4 Å². The van der Waals surface area contributed by atoms with E-state index in [9.17, 15) is 18.0 Å². The van der Waals surface area contributed by atoms with Crippen molar-refractivity contribution in [3.8, 4) is 11.1 Å². The molecule has 1 aliphatic heterocycles. The normalized spacial score (nSPS) is 16.6. The Labute approximate surface area is 150 Å². The van der Waals surface area contributed by atoms with Crippen LogP contribution in [0, 0.1) is 23.4 Å². The molecule has 0 aliphatic carbocycles. The zero-order chi connectivity index (χ0) is 18.8. The Morgan fingerprint density at radius 1 is 1.04 bits per heavy atom. The number of rotatable bonds is 3. The molecule has 1 heterocycles. The lowest BCUT2D eigenvalue weighted by Crippen LogP contribution is -2.42. The molecule has 0 bridgehead atoms. The maximum absolute atomic E-state index is 13.4. The lowest BCUT2D eigenvalue weighted by Gasteiger charge is -2.33. The van der Waals surface area contributed by atoms with Crippen molar-refractivity contribution in [2.75, 3.05) is 13.1 Å². The van der Waals surface area contributed by atoms with Crippen LogP contribution in [-0.4, -0.2) is 29.9 Å². The van der Waals surface area contributed by atoms with Gasteiger partial charge in [-0.15, -0.1) is 0 Å². The van der Waals surface area contributed by atoms with Crippen molar-refractivity contribution >= 4 is 5.91 Å². The molecule has 2 aromatic rings. The number of amides is 1. The third-order valence-corrected chi connectivity index (χ3v) is 5.02. The number of piperidine rings is 1. The first-order chi connectivity index (χ1) is 12.4. The van der Waals surface area contributed by atoms with Gasteiger partial charge in [0, 0.05) is 24.7 Å². The van der Waals surface area contributed by atoms with Crippen LogP contribution < -0.4 is 5.73 Å². The Balaban J connectivity index is 1.73. The molecule has 1 saturated heterocycles. The van der Waals surface area contributed by atoms with Crippen LogP contribution in [0.3, 0.4) is 0 Å². The third-order valence-electron chi connectivity index (χ3n) is 5.02. The molecule has 0 aromatic heterocycles. The quantitative estimate of drug-likeness (QED) is 0.840. The van der Waals surface area contributed by atoms with Gasteiger partial charge in [-0.25, -0.2) is 13.2 Å².